The normalized spacial score (nSPS) is 15.3. The number of aromatic nitrogens is 4. The Labute approximate surface area is 224 Å². The molecule has 9 heteroatoms. The Morgan fingerprint density at radius 2 is 1.67 bits per heavy atom. The lowest BCUT2D eigenvalue weighted by Crippen LogP contribution is -2.41. The zero-order valence-corrected chi connectivity index (χ0v) is 21.2. The second kappa shape index (κ2) is 10.8. The molecule has 3 heterocycles. The highest BCUT2D eigenvalue weighted by Crippen LogP contribution is 2.31. The van der Waals surface area contributed by atoms with Crippen molar-refractivity contribution in [2.45, 2.75) is 25.5 Å². The summed E-state index contributed by atoms with van der Waals surface area (Å²) in [5.74, 6) is 1.42. The van der Waals surface area contributed by atoms with Crippen LogP contribution in [-0.2, 0) is 11.3 Å². The molecule has 0 aliphatic carbocycles. The number of hydrogen-bond donors (Lipinski definition) is 1. The summed E-state index contributed by atoms with van der Waals surface area (Å²) in [5.41, 5.74) is 2.47. The topological polar surface area (TPSA) is 102 Å². The van der Waals surface area contributed by atoms with E-state index in [9.17, 15) is 9.59 Å². The summed E-state index contributed by atoms with van der Waals surface area (Å²) in [6.45, 7) is 1.24. The molecule has 9 nitrogen and oxygen atoms in total. The number of aromatic amines is 1. The molecular weight excluding hydrogens is 494 g/mol. The van der Waals surface area contributed by atoms with Crippen molar-refractivity contribution in [1.82, 2.24) is 24.6 Å². The number of para-hydroxylation sites is 1. The van der Waals surface area contributed by atoms with Gasteiger partial charge in [-0.2, -0.15) is 5.10 Å². The van der Waals surface area contributed by atoms with Crippen LogP contribution in [0.3, 0.4) is 0 Å². The van der Waals surface area contributed by atoms with Crippen LogP contribution in [0.4, 0.5) is 4.79 Å². The van der Waals surface area contributed by atoms with Crippen molar-refractivity contribution in [1.29, 1.82) is 0 Å². The predicted octanol–water partition coefficient (Wildman–Crippen LogP) is 5.55. The minimum absolute atomic E-state index is 0.144. The van der Waals surface area contributed by atoms with E-state index in [0.717, 1.165) is 29.7 Å². The zero-order valence-electron chi connectivity index (χ0n) is 21.2. The van der Waals surface area contributed by atoms with Crippen LogP contribution in [0, 0.1) is 0 Å². The number of piperidine rings is 1. The molecule has 0 bridgehead atoms. The predicted molar refractivity (Wildman–Crippen MR) is 147 cm³/mol. The van der Waals surface area contributed by atoms with Gasteiger partial charge in [0.05, 0.1) is 12.4 Å². The van der Waals surface area contributed by atoms with Crippen molar-refractivity contribution in [3.05, 3.63) is 107 Å². The molecule has 0 unspecified atom stereocenters. The van der Waals surface area contributed by atoms with Gasteiger partial charge in [0.15, 0.2) is 5.65 Å². The van der Waals surface area contributed by atoms with E-state index in [4.69, 9.17) is 14.6 Å². The van der Waals surface area contributed by atoms with E-state index < -0.39 is 0 Å². The number of hydrogen-bond acceptors (Lipinski definition) is 6. The molecule has 1 aliphatic heterocycles. The number of amides is 1. The van der Waals surface area contributed by atoms with Crippen LogP contribution in [-0.4, -0.2) is 43.8 Å². The lowest BCUT2D eigenvalue weighted by atomic mass is 10.1. The van der Waals surface area contributed by atoms with Gasteiger partial charge in [-0.1, -0.05) is 48.5 Å². The van der Waals surface area contributed by atoms with Crippen molar-refractivity contribution in [2.24, 2.45) is 0 Å². The molecule has 39 heavy (non-hydrogen) atoms. The molecule has 196 valence electrons. The third kappa shape index (κ3) is 5.24. The summed E-state index contributed by atoms with van der Waals surface area (Å²) in [7, 11) is 0. The molecule has 1 N–H and O–H groups in total. The second-order valence-corrected chi connectivity index (χ2v) is 9.45. The quantitative estimate of drug-likeness (QED) is 0.314. The number of ether oxygens (including phenoxy) is 2. The number of nitrogens with one attached hydrogen (secondary N) is 1. The van der Waals surface area contributed by atoms with Crippen LogP contribution in [0.2, 0.25) is 0 Å². The molecule has 6 rings (SSSR count). The highest BCUT2D eigenvalue weighted by Gasteiger charge is 2.29. The van der Waals surface area contributed by atoms with E-state index in [1.807, 2.05) is 84.9 Å². The summed E-state index contributed by atoms with van der Waals surface area (Å²) >= 11 is 0. The molecule has 0 spiro atoms. The summed E-state index contributed by atoms with van der Waals surface area (Å²) in [6, 6.07) is 26.5. The van der Waals surface area contributed by atoms with Gasteiger partial charge < -0.3 is 19.4 Å². The maximum Gasteiger partial charge on any atom is 0.410 e. The number of carbonyl (C=O) groups excluding carboxylic acids is 1. The fourth-order valence-corrected chi connectivity index (χ4v) is 4.88. The maximum atomic E-state index is 12.9. The van der Waals surface area contributed by atoms with Gasteiger partial charge in [-0.05, 0) is 54.8 Å². The molecule has 3 aromatic carbocycles. The Morgan fingerprint density at radius 3 is 2.44 bits per heavy atom. The zero-order chi connectivity index (χ0) is 26.6. The first kappa shape index (κ1) is 24.4. The highest BCUT2D eigenvalue weighted by molar-refractivity contribution is 5.90. The molecule has 1 aliphatic rings. The first-order chi connectivity index (χ1) is 19.2. The number of carbonyl (C=O) groups is 1. The van der Waals surface area contributed by atoms with Gasteiger partial charge in [-0.15, -0.1) is 0 Å². The molecular formula is C30H27N5O4. The SMILES string of the molecule is O=C(OCc1ccccc1)N1CCC[C@@H](n2nc(-c3ccc(Oc4ccccc4)cc3)c3c(=O)[nH]cnc32)C1. The minimum atomic E-state index is -0.361. The third-order valence-corrected chi connectivity index (χ3v) is 6.81. The molecule has 0 radical (unpaired) electrons. The fourth-order valence-electron chi connectivity index (χ4n) is 4.88. The van der Waals surface area contributed by atoms with Crippen LogP contribution in [0.15, 0.2) is 96.1 Å². The van der Waals surface area contributed by atoms with Gasteiger partial charge in [-0.3, -0.25) is 4.79 Å². The minimum Gasteiger partial charge on any atom is -0.457 e. The monoisotopic (exact) mass is 521 g/mol. The number of H-pyrrole nitrogens is 1. The Balaban J connectivity index is 1.24. The molecule has 0 saturated carbocycles. The van der Waals surface area contributed by atoms with E-state index >= 15 is 0 Å². The largest absolute Gasteiger partial charge is 0.457 e. The lowest BCUT2D eigenvalue weighted by molar-refractivity contribution is 0.0793. The Morgan fingerprint density at radius 1 is 0.949 bits per heavy atom. The van der Waals surface area contributed by atoms with Crippen molar-refractivity contribution in [3.63, 3.8) is 0 Å². The van der Waals surface area contributed by atoms with Crippen LogP contribution < -0.4 is 10.3 Å². The summed E-state index contributed by atoms with van der Waals surface area (Å²) in [5, 5.41) is 5.27. The van der Waals surface area contributed by atoms with Crippen molar-refractivity contribution >= 4 is 17.1 Å². The number of benzene rings is 3. The van der Waals surface area contributed by atoms with Gasteiger partial charge >= 0.3 is 6.09 Å². The van der Waals surface area contributed by atoms with Crippen LogP contribution in [0.1, 0.15) is 24.4 Å². The Bertz CT molecular complexity index is 1630. The van der Waals surface area contributed by atoms with E-state index in [2.05, 4.69) is 9.97 Å². The van der Waals surface area contributed by atoms with Crippen LogP contribution in [0.25, 0.3) is 22.3 Å². The summed E-state index contributed by atoms with van der Waals surface area (Å²) in [6.07, 6.45) is 2.62. The molecule has 1 fully saturated rings. The molecule has 1 saturated heterocycles. The van der Waals surface area contributed by atoms with E-state index in [-0.39, 0.29) is 24.3 Å². The van der Waals surface area contributed by atoms with Gasteiger partial charge in [0.1, 0.15) is 29.2 Å². The number of nitrogens with zero attached hydrogens (tertiary/aromatic N) is 4. The van der Waals surface area contributed by atoms with Gasteiger partial charge in [0, 0.05) is 18.7 Å². The average Bonchev–Trinajstić information content (AvgIpc) is 3.38. The standard InChI is InChI=1S/C30H27N5O4/c36-29-26-27(22-13-15-25(16-14-22)39-24-11-5-2-6-12-24)33-35(28(26)31-20-32-29)23-10-7-17-34(18-23)30(37)38-19-21-8-3-1-4-9-21/h1-6,8-9,11-16,20,23H,7,10,17-19H2,(H,31,32,36)/t23-/m1/s1. The van der Waals surface area contributed by atoms with E-state index in [1.165, 1.54) is 6.33 Å². The van der Waals surface area contributed by atoms with Crippen molar-refractivity contribution in [2.75, 3.05) is 13.1 Å². The van der Waals surface area contributed by atoms with E-state index in [0.29, 0.717) is 35.6 Å². The van der Waals surface area contributed by atoms with Gasteiger partial charge in [0.2, 0.25) is 0 Å². The first-order valence-corrected chi connectivity index (χ1v) is 12.9. The smallest absolute Gasteiger partial charge is 0.410 e. The van der Waals surface area contributed by atoms with Gasteiger partial charge in [-0.25, -0.2) is 14.5 Å². The Hall–Kier alpha value is -4.92. The lowest BCUT2D eigenvalue weighted by Gasteiger charge is -2.32. The molecule has 5 aromatic rings. The number of rotatable bonds is 6. The van der Waals surface area contributed by atoms with Crippen LogP contribution in [0.5, 0.6) is 11.5 Å². The molecule has 2 aromatic heterocycles. The van der Waals surface area contributed by atoms with E-state index in [1.54, 1.807) is 9.58 Å². The maximum absolute atomic E-state index is 12.9. The average molecular weight is 522 g/mol. The summed E-state index contributed by atoms with van der Waals surface area (Å²) < 4.78 is 13.3. The van der Waals surface area contributed by atoms with Crippen molar-refractivity contribution in [3.8, 4) is 22.8 Å². The van der Waals surface area contributed by atoms with Crippen molar-refractivity contribution < 1.29 is 14.3 Å². The fraction of sp³-hybridized carbons (Fsp3) is 0.200. The Kier molecular flexibility index (Phi) is 6.78. The van der Waals surface area contributed by atoms with Gasteiger partial charge in [0.25, 0.3) is 5.56 Å². The number of fused-ring (bicyclic) bond motifs is 1. The summed E-state index contributed by atoms with van der Waals surface area (Å²) in [4.78, 5) is 34.6. The van der Waals surface area contributed by atoms with Crippen LogP contribution >= 0.6 is 0 Å². The third-order valence-electron chi connectivity index (χ3n) is 6.81. The molecule has 1 amide bonds. The number of likely N-dealkylation sites (tertiary alicyclic amines) is 1. The second-order valence-electron chi connectivity index (χ2n) is 9.45. The highest BCUT2D eigenvalue weighted by atomic mass is 16.6. The first-order valence-electron chi connectivity index (χ1n) is 12.9. The molecule has 1 atom stereocenters.